The van der Waals surface area contributed by atoms with Crippen LogP contribution in [-0.2, 0) is 11.3 Å². The lowest BCUT2D eigenvalue weighted by molar-refractivity contribution is -0.123. The number of fused-ring (bicyclic) bond motifs is 1. The maximum Gasteiger partial charge on any atom is 0.237 e. The fourth-order valence-corrected chi connectivity index (χ4v) is 1.53. The normalized spacial score (nSPS) is 13.8. The van der Waals surface area contributed by atoms with Crippen LogP contribution in [0.4, 0.5) is 0 Å². The molecule has 0 radical (unpaired) electrons. The Morgan fingerprint density at radius 3 is 2.94 bits per heavy atom. The molecule has 0 spiro atoms. The highest BCUT2D eigenvalue weighted by molar-refractivity contribution is 5.83. The van der Waals surface area contributed by atoms with Crippen molar-refractivity contribution < 1.29 is 14.3 Å². The Morgan fingerprint density at radius 1 is 1.47 bits per heavy atom. The van der Waals surface area contributed by atoms with Crippen LogP contribution in [0.1, 0.15) is 19.4 Å². The highest BCUT2D eigenvalue weighted by Gasteiger charge is 2.25. The molecule has 0 aromatic heterocycles. The molecule has 0 unspecified atom stereocenters. The standard InChI is InChI=1S/C12H16N2O3/c1-12(2,11(13)15)14-6-8-4-3-5-9-10(8)17-7-16-9/h3-5,14H,6-7H2,1-2H3,(H2,13,15). The summed E-state index contributed by atoms with van der Waals surface area (Å²) < 4.78 is 10.7. The van der Waals surface area contributed by atoms with E-state index in [2.05, 4.69) is 5.32 Å². The van der Waals surface area contributed by atoms with Crippen molar-refractivity contribution in [2.45, 2.75) is 25.9 Å². The van der Waals surface area contributed by atoms with Crippen molar-refractivity contribution in [2.75, 3.05) is 6.79 Å². The van der Waals surface area contributed by atoms with Gasteiger partial charge in [-0.2, -0.15) is 0 Å². The SMILES string of the molecule is CC(C)(NCc1cccc2c1OCO2)C(N)=O. The van der Waals surface area contributed by atoms with E-state index in [-0.39, 0.29) is 12.7 Å². The van der Waals surface area contributed by atoms with Crippen LogP contribution in [0.3, 0.4) is 0 Å². The molecule has 0 atom stereocenters. The zero-order chi connectivity index (χ0) is 12.5. The molecule has 1 amide bonds. The quantitative estimate of drug-likeness (QED) is 0.809. The van der Waals surface area contributed by atoms with Gasteiger partial charge in [0.1, 0.15) is 0 Å². The molecule has 1 aliphatic rings. The van der Waals surface area contributed by atoms with Crippen molar-refractivity contribution in [3.8, 4) is 11.5 Å². The minimum Gasteiger partial charge on any atom is -0.454 e. The van der Waals surface area contributed by atoms with Crippen molar-refractivity contribution in [3.63, 3.8) is 0 Å². The number of nitrogens with one attached hydrogen (secondary N) is 1. The number of ether oxygens (including phenoxy) is 2. The summed E-state index contributed by atoms with van der Waals surface area (Å²) in [6.07, 6.45) is 0. The van der Waals surface area contributed by atoms with E-state index in [1.54, 1.807) is 13.8 Å². The zero-order valence-corrected chi connectivity index (χ0v) is 9.95. The topological polar surface area (TPSA) is 73.6 Å². The van der Waals surface area contributed by atoms with Crippen LogP contribution in [-0.4, -0.2) is 18.2 Å². The van der Waals surface area contributed by atoms with Gasteiger partial charge in [-0.15, -0.1) is 0 Å². The van der Waals surface area contributed by atoms with Crippen LogP contribution in [0.2, 0.25) is 0 Å². The first-order valence-electron chi connectivity index (χ1n) is 5.43. The van der Waals surface area contributed by atoms with Gasteiger partial charge in [0.25, 0.3) is 0 Å². The summed E-state index contributed by atoms with van der Waals surface area (Å²) >= 11 is 0. The van der Waals surface area contributed by atoms with E-state index in [1.165, 1.54) is 0 Å². The first-order valence-corrected chi connectivity index (χ1v) is 5.43. The average molecular weight is 236 g/mol. The lowest BCUT2D eigenvalue weighted by atomic mass is 10.0. The van der Waals surface area contributed by atoms with Gasteiger partial charge in [-0.25, -0.2) is 0 Å². The molecule has 0 saturated carbocycles. The van der Waals surface area contributed by atoms with Crippen molar-refractivity contribution in [1.29, 1.82) is 0 Å². The van der Waals surface area contributed by atoms with Crippen LogP contribution < -0.4 is 20.5 Å². The van der Waals surface area contributed by atoms with E-state index in [0.29, 0.717) is 6.54 Å². The summed E-state index contributed by atoms with van der Waals surface area (Å²) in [5.41, 5.74) is 5.50. The van der Waals surface area contributed by atoms with E-state index in [9.17, 15) is 4.79 Å². The van der Waals surface area contributed by atoms with Gasteiger partial charge in [0.05, 0.1) is 5.54 Å². The van der Waals surface area contributed by atoms with Crippen LogP contribution in [0.25, 0.3) is 0 Å². The summed E-state index contributed by atoms with van der Waals surface area (Å²) in [6.45, 7) is 4.24. The molecule has 0 fully saturated rings. The minimum absolute atomic E-state index is 0.242. The van der Waals surface area contributed by atoms with Gasteiger partial charge in [-0.3, -0.25) is 10.1 Å². The van der Waals surface area contributed by atoms with E-state index >= 15 is 0 Å². The Balaban J connectivity index is 2.10. The second-order valence-electron chi connectivity index (χ2n) is 4.49. The van der Waals surface area contributed by atoms with Crippen LogP contribution in [0.15, 0.2) is 18.2 Å². The number of amides is 1. The molecular weight excluding hydrogens is 220 g/mol. The molecule has 1 aliphatic heterocycles. The molecule has 1 aromatic rings. The van der Waals surface area contributed by atoms with Crippen molar-refractivity contribution in [2.24, 2.45) is 5.73 Å². The van der Waals surface area contributed by atoms with Crippen molar-refractivity contribution >= 4 is 5.91 Å². The van der Waals surface area contributed by atoms with Gasteiger partial charge in [-0.05, 0) is 19.9 Å². The first kappa shape index (κ1) is 11.7. The summed E-state index contributed by atoms with van der Waals surface area (Å²) in [4.78, 5) is 11.2. The number of carbonyl (C=O) groups excluding carboxylic acids is 1. The van der Waals surface area contributed by atoms with E-state index in [4.69, 9.17) is 15.2 Å². The molecular formula is C12H16N2O3. The number of para-hydroxylation sites is 1. The van der Waals surface area contributed by atoms with E-state index < -0.39 is 5.54 Å². The van der Waals surface area contributed by atoms with Crippen molar-refractivity contribution in [3.05, 3.63) is 23.8 Å². The smallest absolute Gasteiger partial charge is 0.237 e. The molecule has 3 N–H and O–H groups in total. The molecule has 0 bridgehead atoms. The molecule has 1 aromatic carbocycles. The first-order chi connectivity index (χ1) is 8.00. The lowest BCUT2D eigenvalue weighted by Crippen LogP contribution is -2.50. The molecule has 1 heterocycles. The number of hydrogen-bond acceptors (Lipinski definition) is 4. The second kappa shape index (κ2) is 4.25. The predicted octanol–water partition coefficient (Wildman–Crippen LogP) is 0.769. The Hall–Kier alpha value is -1.75. The molecule has 5 heteroatoms. The van der Waals surface area contributed by atoms with Crippen LogP contribution >= 0.6 is 0 Å². The number of hydrogen-bond donors (Lipinski definition) is 2. The molecule has 2 rings (SSSR count). The minimum atomic E-state index is -0.748. The largest absolute Gasteiger partial charge is 0.454 e. The summed E-state index contributed by atoms with van der Waals surface area (Å²) in [5.74, 6) is 1.09. The van der Waals surface area contributed by atoms with Gasteiger partial charge in [0.15, 0.2) is 11.5 Å². The maximum absolute atomic E-state index is 11.2. The lowest BCUT2D eigenvalue weighted by Gasteiger charge is -2.22. The highest BCUT2D eigenvalue weighted by Crippen LogP contribution is 2.35. The van der Waals surface area contributed by atoms with Crippen LogP contribution in [0, 0.1) is 0 Å². The zero-order valence-electron chi connectivity index (χ0n) is 9.95. The fraction of sp³-hybridized carbons (Fsp3) is 0.417. The number of carbonyl (C=O) groups is 1. The highest BCUT2D eigenvalue weighted by atomic mass is 16.7. The summed E-state index contributed by atoms with van der Waals surface area (Å²) in [5, 5.41) is 3.09. The number of primary amides is 1. The maximum atomic E-state index is 11.2. The number of rotatable bonds is 4. The molecule has 17 heavy (non-hydrogen) atoms. The molecule has 0 saturated heterocycles. The van der Waals surface area contributed by atoms with E-state index in [0.717, 1.165) is 17.1 Å². The average Bonchev–Trinajstić information content (AvgIpc) is 2.74. The Labute approximate surface area is 99.9 Å². The van der Waals surface area contributed by atoms with Gasteiger partial charge >= 0.3 is 0 Å². The van der Waals surface area contributed by atoms with Gasteiger partial charge in [-0.1, -0.05) is 12.1 Å². The monoisotopic (exact) mass is 236 g/mol. The Morgan fingerprint density at radius 2 is 2.24 bits per heavy atom. The third-order valence-corrected chi connectivity index (χ3v) is 2.81. The van der Waals surface area contributed by atoms with Gasteiger partial charge in [0, 0.05) is 12.1 Å². The van der Waals surface area contributed by atoms with Crippen LogP contribution in [0.5, 0.6) is 11.5 Å². The molecule has 5 nitrogen and oxygen atoms in total. The number of benzene rings is 1. The molecule has 0 aliphatic carbocycles. The van der Waals surface area contributed by atoms with E-state index in [1.807, 2.05) is 18.2 Å². The third kappa shape index (κ3) is 2.34. The van der Waals surface area contributed by atoms with Gasteiger partial charge in [0.2, 0.25) is 12.7 Å². The number of nitrogens with two attached hydrogens (primary N) is 1. The Bertz CT molecular complexity index is 443. The summed E-state index contributed by atoms with van der Waals surface area (Å²) in [7, 11) is 0. The third-order valence-electron chi connectivity index (χ3n) is 2.81. The second-order valence-corrected chi connectivity index (χ2v) is 4.49. The molecule has 92 valence electrons. The predicted molar refractivity (Wildman–Crippen MR) is 62.7 cm³/mol. The Kier molecular flexibility index (Phi) is 2.93. The van der Waals surface area contributed by atoms with Gasteiger partial charge < -0.3 is 15.2 Å². The fourth-order valence-electron chi connectivity index (χ4n) is 1.53. The van der Waals surface area contributed by atoms with Crippen molar-refractivity contribution in [1.82, 2.24) is 5.32 Å². The summed E-state index contributed by atoms with van der Waals surface area (Å²) in [6, 6.07) is 5.67.